The summed E-state index contributed by atoms with van der Waals surface area (Å²) in [6, 6.07) is 10.2. The number of rotatable bonds is 1. The van der Waals surface area contributed by atoms with Gasteiger partial charge in [0.2, 0.25) is 0 Å². The fourth-order valence-corrected chi connectivity index (χ4v) is 4.14. The van der Waals surface area contributed by atoms with Crippen LogP contribution >= 0.6 is 0 Å². The zero-order chi connectivity index (χ0) is 17.1. The molecule has 0 amide bonds. The van der Waals surface area contributed by atoms with E-state index in [1.165, 1.54) is 0 Å². The average molecular weight is 326 g/mol. The zero-order valence-electron chi connectivity index (χ0n) is 13.6. The van der Waals surface area contributed by atoms with Crippen molar-refractivity contribution in [1.82, 2.24) is 14.8 Å². The molecule has 0 radical (unpaired) electrons. The van der Waals surface area contributed by atoms with Crippen molar-refractivity contribution in [2.75, 3.05) is 0 Å². The third-order valence-electron chi connectivity index (χ3n) is 5.11. The van der Waals surface area contributed by atoms with Gasteiger partial charge in [0.05, 0.1) is 16.8 Å². The Hall–Kier alpha value is -3.39. The summed E-state index contributed by atoms with van der Waals surface area (Å²) in [5.74, 6) is 0. The van der Waals surface area contributed by atoms with Gasteiger partial charge in [-0.1, -0.05) is 18.2 Å². The predicted octanol–water partition coefficient (Wildman–Crippen LogP) is 3.50. The third kappa shape index (κ3) is 1.71. The molecule has 4 aromatic rings. The summed E-state index contributed by atoms with van der Waals surface area (Å²) < 4.78 is 1.77. The number of aromatic amines is 1. The first-order chi connectivity index (χ1) is 12.2. The minimum absolute atomic E-state index is 0.443. The summed E-state index contributed by atoms with van der Waals surface area (Å²) >= 11 is 0. The fourth-order valence-electron chi connectivity index (χ4n) is 4.14. The molecule has 0 bridgehead atoms. The maximum absolute atomic E-state index is 12.0. The maximum Gasteiger partial charge on any atom is 0.152 e. The molecule has 5 heteroatoms. The molecule has 1 aliphatic carbocycles. The van der Waals surface area contributed by atoms with E-state index in [2.05, 4.69) is 16.2 Å². The van der Waals surface area contributed by atoms with Crippen molar-refractivity contribution in [3.8, 4) is 17.2 Å². The van der Waals surface area contributed by atoms with Gasteiger partial charge in [0.25, 0.3) is 0 Å². The second-order valence-electron chi connectivity index (χ2n) is 6.46. The van der Waals surface area contributed by atoms with E-state index >= 15 is 0 Å². The Balaban J connectivity index is 2.05. The van der Waals surface area contributed by atoms with Gasteiger partial charge >= 0.3 is 0 Å². The van der Waals surface area contributed by atoms with Crippen molar-refractivity contribution in [2.45, 2.75) is 12.8 Å². The molecule has 0 fully saturated rings. The van der Waals surface area contributed by atoms with Crippen LogP contribution in [0.25, 0.3) is 32.9 Å². The summed E-state index contributed by atoms with van der Waals surface area (Å²) in [6.45, 7) is 0. The van der Waals surface area contributed by atoms with Crippen LogP contribution in [0.4, 0.5) is 0 Å². The molecule has 0 spiro atoms. The second-order valence-corrected chi connectivity index (χ2v) is 6.46. The molecular formula is C20H14N4O. The monoisotopic (exact) mass is 326 g/mol. The standard InChI is InChI=1S/C20H14N4O/c1-24-9-14-17(23-24)7-6-12-18(14)15(10-25)13(8-21)19-11-4-2-3-5-16(11)22-20(12)19/h2-5,9-10,22H,6-7H2,1H3. The molecule has 0 atom stereocenters. The number of carbonyl (C=O) groups is 1. The number of hydrogen-bond donors (Lipinski definition) is 1. The lowest BCUT2D eigenvalue weighted by molar-refractivity contribution is 0.112. The molecule has 5 rings (SSSR count). The van der Waals surface area contributed by atoms with E-state index in [-0.39, 0.29) is 0 Å². The Kier molecular flexibility index (Phi) is 2.69. The van der Waals surface area contributed by atoms with Crippen molar-refractivity contribution in [3.63, 3.8) is 0 Å². The van der Waals surface area contributed by atoms with Gasteiger partial charge in [-0.25, -0.2) is 0 Å². The summed E-state index contributed by atoms with van der Waals surface area (Å²) in [5.41, 5.74) is 6.78. The molecule has 0 saturated heterocycles. The third-order valence-corrected chi connectivity index (χ3v) is 5.11. The Bertz CT molecular complexity index is 1240. The minimum Gasteiger partial charge on any atom is -0.354 e. The van der Waals surface area contributed by atoms with Crippen molar-refractivity contribution in [2.24, 2.45) is 7.05 Å². The Morgan fingerprint density at radius 1 is 1.32 bits per heavy atom. The lowest BCUT2D eigenvalue weighted by Gasteiger charge is -2.19. The molecule has 2 aromatic heterocycles. The molecular weight excluding hydrogens is 312 g/mol. The van der Waals surface area contributed by atoms with Gasteiger partial charge in [-0.3, -0.25) is 9.48 Å². The largest absolute Gasteiger partial charge is 0.354 e. The first-order valence-electron chi connectivity index (χ1n) is 8.20. The van der Waals surface area contributed by atoms with Crippen LogP contribution in [-0.2, 0) is 19.9 Å². The first-order valence-corrected chi connectivity index (χ1v) is 8.20. The summed E-state index contributed by atoms with van der Waals surface area (Å²) in [5, 5.41) is 16.2. The topological polar surface area (TPSA) is 74.5 Å². The molecule has 2 aromatic carbocycles. The number of aromatic nitrogens is 3. The van der Waals surface area contributed by atoms with Crippen molar-refractivity contribution >= 4 is 28.1 Å². The second kappa shape index (κ2) is 4.81. The molecule has 0 saturated carbocycles. The Morgan fingerprint density at radius 3 is 2.96 bits per heavy atom. The van der Waals surface area contributed by atoms with Crippen molar-refractivity contribution in [1.29, 1.82) is 5.26 Å². The quantitative estimate of drug-likeness (QED) is 0.544. The number of carbonyl (C=O) groups excluding carboxylic acids is 1. The fraction of sp³-hybridized carbons (Fsp3) is 0.150. The van der Waals surface area contributed by atoms with Crippen LogP contribution < -0.4 is 0 Å². The van der Waals surface area contributed by atoms with E-state index in [0.717, 1.165) is 63.3 Å². The first kappa shape index (κ1) is 14.0. The Labute approximate surface area is 143 Å². The predicted molar refractivity (Wildman–Crippen MR) is 95.5 cm³/mol. The highest BCUT2D eigenvalue weighted by atomic mass is 16.1. The van der Waals surface area contributed by atoms with Crippen molar-refractivity contribution < 1.29 is 4.79 Å². The minimum atomic E-state index is 0.443. The SMILES string of the molecule is Cn1cc2c(n1)CCc1c-2c(C=O)c(C#N)c2c1[nH]c1ccccc12. The van der Waals surface area contributed by atoms with Gasteiger partial charge in [-0.05, 0) is 24.5 Å². The van der Waals surface area contributed by atoms with Crippen LogP contribution in [0.3, 0.4) is 0 Å². The number of nitriles is 1. The zero-order valence-corrected chi connectivity index (χ0v) is 13.6. The number of para-hydroxylation sites is 1. The number of fused-ring (bicyclic) bond motifs is 7. The summed E-state index contributed by atoms with van der Waals surface area (Å²) in [4.78, 5) is 15.5. The number of aryl methyl sites for hydroxylation is 3. The van der Waals surface area contributed by atoms with Crippen LogP contribution in [0.1, 0.15) is 27.2 Å². The van der Waals surface area contributed by atoms with E-state index < -0.39 is 0 Å². The van der Waals surface area contributed by atoms with Gasteiger partial charge in [-0.2, -0.15) is 10.4 Å². The Morgan fingerprint density at radius 2 is 2.16 bits per heavy atom. The van der Waals surface area contributed by atoms with Gasteiger partial charge in [0.15, 0.2) is 6.29 Å². The van der Waals surface area contributed by atoms with E-state index in [0.29, 0.717) is 11.1 Å². The van der Waals surface area contributed by atoms with E-state index in [1.807, 2.05) is 37.5 Å². The molecule has 1 N–H and O–H groups in total. The van der Waals surface area contributed by atoms with Crippen LogP contribution in [0.15, 0.2) is 30.5 Å². The molecule has 2 heterocycles. The lowest BCUT2D eigenvalue weighted by Crippen LogP contribution is -2.08. The highest BCUT2D eigenvalue weighted by molar-refractivity contribution is 6.16. The molecule has 0 unspecified atom stereocenters. The number of hydrogen-bond acceptors (Lipinski definition) is 3. The van der Waals surface area contributed by atoms with E-state index in [4.69, 9.17) is 0 Å². The van der Waals surface area contributed by atoms with Crippen molar-refractivity contribution in [3.05, 3.63) is 52.8 Å². The molecule has 5 nitrogen and oxygen atoms in total. The normalized spacial score (nSPS) is 12.8. The van der Waals surface area contributed by atoms with Crippen LogP contribution in [0, 0.1) is 11.3 Å². The molecule has 120 valence electrons. The molecule has 0 aliphatic heterocycles. The smallest absolute Gasteiger partial charge is 0.152 e. The maximum atomic E-state index is 12.0. The number of aldehydes is 1. The van der Waals surface area contributed by atoms with Crippen LogP contribution in [0.5, 0.6) is 0 Å². The molecule has 25 heavy (non-hydrogen) atoms. The van der Waals surface area contributed by atoms with E-state index in [9.17, 15) is 10.1 Å². The summed E-state index contributed by atoms with van der Waals surface area (Å²) in [6.07, 6.45) is 4.39. The number of benzene rings is 2. The van der Waals surface area contributed by atoms with Gasteiger partial charge in [-0.15, -0.1) is 0 Å². The van der Waals surface area contributed by atoms with E-state index in [1.54, 1.807) is 4.68 Å². The van der Waals surface area contributed by atoms with Crippen LogP contribution in [0.2, 0.25) is 0 Å². The van der Waals surface area contributed by atoms with Gasteiger partial charge in [0, 0.05) is 46.2 Å². The number of H-pyrrole nitrogens is 1. The summed E-state index contributed by atoms with van der Waals surface area (Å²) in [7, 11) is 1.88. The molecule has 1 aliphatic rings. The van der Waals surface area contributed by atoms with Gasteiger partial charge in [0.1, 0.15) is 6.07 Å². The number of nitrogens with one attached hydrogen (secondary N) is 1. The van der Waals surface area contributed by atoms with Gasteiger partial charge < -0.3 is 4.98 Å². The highest BCUT2D eigenvalue weighted by Crippen LogP contribution is 2.43. The number of nitrogens with zero attached hydrogens (tertiary/aromatic N) is 3. The average Bonchev–Trinajstić information content (AvgIpc) is 3.20. The highest BCUT2D eigenvalue weighted by Gasteiger charge is 2.28. The van der Waals surface area contributed by atoms with Crippen LogP contribution in [-0.4, -0.2) is 21.1 Å². The lowest BCUT2D eigenvalue weighted by atomic mass is 9.83.